The highest BCUT2D eigenvalue weighted by molar-refractivity contribution is 6.09. The average Bonchev–Trinajstić information content (AvgIpc) is 3.58. The van der Waals surface area contributed by atoms with Crippen LogP contribution in [0.5, 0.6) is 0 Å². The number of rotatable bonds is 3. The molecule has 0 N–H and O–H groups in total. The maximum Gasteiger partial charge on any atom is 0.0992 e. The first-order chi connectivity index (χ1) is 21.8. The van der Waals surface area contributed by atoms with Crippen molar-refractivity contribution in [3.63, 3.8) is 0 Å². The largest absolute Gasteiger partial charge is 0.313 e. The third-order valence-corrected chi connectivity index (χ3v) is 9.47. The van der Waals surface area contributed by atoms with Crippen LogP contribution in [-0.2, 0) is 5.41 Å². The first kappa shape index (κ1) is 27.2. The van der Waals surface area contributed by atoms with Crippen molar-refractivity contribution in [1.82, 2.24) is 9.13 Å². The Kier molecular flexibility index (Phi) is 6.12. The molecule has 7 aromatic rings. The van der Waals surface area contributed by atoms with Gasteiger partial charge in [-0.05, 0) is 83.1 Å². The van der Waals surface area contributed by atoms with Crippen molar-refractivity contribution in [1.29, 1.82) is 5.26 Å². The predicted octanol–water partition coefficient (Wildman–Crippen LogP) is 11.1. The van der Waals surface area contributed by atoms with Crippen LogP contribution in [0.2, 0.25) is 0 Å². The Labute approximate surface area is 264 Å². The van der Waals surface area contributed by atoms with E-state index >= 15 is 0 Å². The van der Waals surface area contributed by atoms with Crippen molar-refractivity contribution in [3.8, 4) is 28.6 Å². The van der Waals surface area contributed by atoms with E-state index in [-0.39, 0.29) is 5.41 Å². The molecule has 2 heterocycles. The molecule has 0 saturated heterocycles. The normalized spacial score (nSPS) is 14.7. The van der Waals surface area contributed by atoms with E-state index in [2.05, 4.69) is 152 Å². The van der Waals surface area contributed by atoms with Crippen LogP contribution in [-0.4, -0.2) is 9.13 Å². The Morgan fingerprint density at radius 3 is 2.16 bits per heavy atom. The average molecular weight is 582 g/mol. The maximum atomic E-state index is 10.2. The number of hydrogen-bond acceptors (Lipinski definition) is 1. The molecule has 0 amide bonds. The molecule has 0 saturated carbocycles. The van der Waals surface area contributed by atoms with Crippen LogP contribution in [0.4, 0.5) is 0 Å². The smallest absolute Gasteiger partial charge is 0.0992 e. The van der Waals surface area contributed by atoms with Gasteiger partial charge in [-0.2, -0.15) is 5.26 Å². The molecule has 1 atom stereocenters. The van der Waals surface area contributed by atoms with Gasteiger partial charge in [-0.25, -0.2) is 0 Å². The molecule has 3 heteroatoms. The van der Waals surface area contributed by atoms with Crippen LogP contribution in [0.15, 0.2) is 115 Å². The molecule has 1 aliphatic carbocycles. The number of nitriles is 1. The number of fused-ring (bicyclic) bond motifs is 6. The highest BCUT2D eigenvalue weighted by Gasteiger charge is 2.24. The molecule has 3 nitrogen and oxygen atoms in total. The summed E-state index contributed by atoms with van der Waals surface area (Å²) in [7, 11) is 0. The molecule has 5 aromatic carbocycles. The highest BCUT2D eigenvalue weighted by Crippen LogP contribution is 2.41. The lowest BCUT2D eigenvalue weighted by Gasteiger charge is -2.20. The Morgan fingerprint density at radius 2 is 1.38 bits per heavy atom. The van der Waals surface area contributed by atoms with E-state index in [9.17, 15) is 5.26 Å². The quantitative estimate of drug-likeness (QED) is 0.204. The molecule has 0 spiro atoms. The van der Waals surface area contributed by atoms with Gasteiger partial charge in [-0.3, -0.25) is 0 Å². The first-order valence-corrected chi connectivity index (χ1v) is 15.8. The van der Waals surface area contributed by atoms with Crippen LogP contribution < -0.4 is 0 Å². The molecule has 0 radical (unpaired) electrons. The molecule has 0 aliphatic heterocycles. The Balaban J connectivity index is 1.33. The fraction of sp³-hybridized carbons (Fsp3) is 0.167. The minimum atomic E-state index is 0.0686. The van der Waals surface area contributed by atoms with E-state index in [0.29, 0.717) is 11.5 Å². The number of allylic oxidation sites excluding steroid dienone is 1. The molecule has 45 heavy (non-hydrogen) atoms. The topological polar surface area (TPSA) is 33.6 Å². The molecular formula is C42H35N3. The standard InChI is InChI=1S/C42H35N3/c1-27-11-9-16-36-34-14-5-8-18-39(34)45(41(27)36)33-22-28(26-43)21-30(24-33)29-12-10-13-32(23-29)44-38-17-7-6-15-35(38)37-25-31(42(2,3)4)19-20-40(37)44/h5-10,12-25,27H,11H2,1-4H3. The van der Waals surface area contributed by atoms with Gasteiger partial charge in [0.1, 0.15) is 0 Å². The predicted molar refractivity (Wildman–Crippen MR) is 189 cm³/mol. The maximum absolute atomic E-state index is 10.2. The Hall–Kier alpha value is -5.33. The van der Waals surface area contributed by atoms with Gasteiger partial charge < -0.3 is 9.13 Å². The zero-order chi connectivity index (χ0) is 30.9. The second kappa shape index (κ2) is 10.1. The minimum Gasteiger partial charge on any atom is -0.313 e. The summed E-state index contributed by atoms with van der Waals surface area (Å²) in [6, 6.07) is 41.7. The summed E-state index contributed by atoms with van der Waals surface area (Å²) >= 11 is 0. The fourth-order valence-electron chi connectivity index (χ4n) is 7.24. The van der Waals surface area contributed by atoms with Crippen LogP contribution in [0.3, 0.4) is 0 Å². The fourth-order valence-corrected chi connectivity index (χ4v) is 7.24. The molecule has 8 rings (SSSR count). The van der Waals surface area contributed by atoms with Gasteiger partial charge in [0.15, 0.2) is 0 Å². The van der Waals surface area contributed by atoms with Gasteiger partial charge in [-0.1, -0.05) is 94.4 Å². The van der Waals surface area contributed by atoms with Crippen molar-refractivity contribution in [2.24, 2.45) is 0 Å². The summed E-state index contributed by atoms with van der Waals surface area (Å²) in [6.07, 6.45) is 5.56. The van der Waals surface area contributed by atoms with Gasteiger partial charge in [0, 0.05) is 44.7 Å². The molecule has 1 unspecified atom stereocenters. The van der Waals surface area contributed by atoms with Crippen molar-refractivity contribution in [2.75, 3.05) is 0 Å². The van der Waals surface area contributed by atoms with Crippen molar-refractivity contribution >= 4 is 38.8 Å². The van der Waals surface area contributed by atoms with Crippen LogP contribution in [0.25, 0.3) is 61.3 Å². The zero-order valence-electron chi connectivity index (χ0n) is 26.2. The molecule has 0 fully saturated rings. The third-order valence-electron chi connectivity index (χ3n) is 9.47. The lowest BCUT2D eigenvalue weighted by Crippen LogP contribution is -2.10. The van der Waals surface area contributed by atoms with Crippen molar-refractivity contribution < 1.29 is 0 Å². The van der Waals surface area contributed by atoms with Crippen molar-refractivity contribution in [3.05, 3.63) is 138 Å². The van der Waals surface area contributed by atoms with E-state index in [0.717, 1.165) is 28.9 Å². The molecular weight excluding hydrogens is 546 g/mol. The van der Waals surface area contributed by atoms with Gasteiger partial charge in [0.2, 0.25) is 0 Å². The van der Waals surface area contributed by atoms with E-state index in [1.54, 1.807) is 0 Å². The van der Waals surface area contributed by atoms with Gasteiger partial charge in [0.25, 0.3) is 0 Å². The number of para-hydroxylation sites is 2. The molecule has 0 bridgehead atoms. The van der Waals surface area contributed by atoms with Gasteiger partial charge >= 0.3 is 0 Å². The number of nitrogens with zero attached hydrogens (tertiary/aromatic N) is 3. The third kappa shape index (κ3) is 4.32. The number of aromatic nitrogens is 2. The second-order valence-electron chi connectivity index (χ2n) is 13.5. The second-order valence-corrected chi connectivity index (χ2v) is 13.5. The number of benzene rings is 5. The van der Waals surface area contributed by atoms with E-state index < -0.39 is 0 Å². The van der Waals surface area contributed by atoms with E-state index in [1.807, 2.05) is 12.1 Å². The summed E-state index contributed by atoms with van der Waals surface area (Å²) in [4.78, 5) is 0. The number of hydrogen-bond donors (Lipinski definition) is 0. The summed E-state index contributed by atoms with van der Waals surface area (Å²) < 4.78 is 4.76. The van der Waals surface area contributed by atoms with E-state index in [4.69, 9.17) is 0 Å². The lowest BCUT2D eigenvalue weighted by molar-refractivity contribution is 0.591. The lowest BCUT2D eigenvalue weighted by atomic mass is 9.86. The first-order valence-electron chi connectivity index (χ1n) is 15.8. The van der Waals surface area contributed by atoms with Gasteiger partial charge in [-0.15, -0.1) is 0 Å². The van der Waals surface area contributed by atoms with Gasteiger partial charge in [0.05, 0.1) is 28.2 Å². The van der Waals surface area contributed by atoms with Crippen LogP contribution >= 0.6 is 0 Å². The van der Waals surface area contributed by atoms with Crippen molar-refractivity contribution in [2.45, 2.75) is 45.4 Å². The van der Waals surface area contributed by atoms with Crippen LogP contribution in [0, 0.1) is 11.3 Å². The summed E-state index contributed by atoms with van der Waals surface area (Å²) in [5.74, 6) is 0.379. The minimum absolute atomic E-state index is 0.0686. The Bertz CT molecular complexity index is 2360. The molecule has 218 valence electrons. The summed E-state index contributed by atoms with van der Waals surface area (Å²) in [5.41, 5.74) is 12.5. The SMILES string of the molecule is CC1CC=Cc2c1n(-c1cc(C#N)cc(-c3cccc(-n4c5ccccc5c5cc(C(C)(C)C)ccc54)c3)c1)c1ccccc21. The van der Waals surface area contributed by atoms with Crippen LogP contribution in [0.1, 0.15) is 62.4 Å². The molecule has 2 aromatic heterocycles. The molecule has 1 aliphatic rings. The summed E-state index contributed by atoms with van der Waals surface area (Å²) in [6.45, 7) is 9.10. The van der Waals surface area contributed by atoms with E-state index in [1.165, 1.54) is 49.5 Å². The highest BCUT2D eigenvalue weighted by atomic mass is 15.0. The summed E-state index contributed by atoms with van der Waals surface area (Å²) in [5, 5.41) is 14.0. The monoisotopic (exact) mass is 581 g/mol. The zero-order valence-corrected chi connectivity index (χ0v) is 26.2. The Morgan fingerprint density at radius 1 is 0.667 bits per heavy atom.